The highest BCUT2D eigenvalue weighted by Gasteiger charge is 2.17. The zero-order valence-corrected chi connectivity index (χ0v) is 19.0. The lowest BCUT2D eigenvalue weighted by Gasteiger charge is -2.05. The molecule has 0 radical (unpaired) electrons. The molecule has 2 rings (SSSR count). The molecule has 0 aliphatic rings. The van der Waals surface area contributed by atoms with Gasteiger partial charge in [-0.25, -0.2) is 9.59 Å². The fourth-order valence-corrected chi connectivity index (χ4v) is 3.31. The summed E-state index contributed by atoms with van der Waals surface area (Å²) < 4.78 is 9.51. The number of aromatic hydroxyl groups is 2. The van der Waals surface area contributed by atoms with Crippen molar-refractivity contribution in [1.82, 2.24) is 0 Å². The van der Waals surface area contributed by atoms with Crippen LogP contribution in [0.15, 0.2) is 48.5 Å². The van der Waals surface area contributed by atoms with Gasteiger partial charge in [0.15, 0.2) is 0 Å². The lowest BCUT2D eigenvalue weighted by molar-refractivity contribution is -0.139. The van der Waals surface area contributed by atoms with Crippen molar-refractivity contribution in [2.24, 2.45) is 0 Å². The third kappa shape index (κ3) is 9.44. The summed E-state index contributed by atoms with van der Waals surface area (Å²) in [6.07, 6.45) is 7.04. The van der Waals surface area contributed by atoms with Crippen molar-refractivity contribution in [3.8, 4) is 11.5 Å². The van der Waals surface area contributed by atoms with Crippen molar-refractivity contribution in [1.29, 1.82) is 0 Å². The number of carbonyl (C=O) groups excluding carboxylic acids is 4. The summed E-state index contributed by atoms with van der Waals surface area (Å²) in [4.78, 5) is 47.2. The fraction of sp³-hybridized carbons (Fsp3) is 0.385. The SMILES string of the molecule is O=C(CCCCCCCCCCC(=O)OC(=O)c1ccccc1O)OC(=O)c1ccccc1O. The summed E-state index contributed by atoms with van der Waals surface area (Å²) in [5.41, 5.74) is -0.0718. The molecule has 34 heavy (non-hydrogen) atoms. The van der Waals surface area contributed by atoms with Crippen LogP contribution < -0.4 is 0 Å². The molecule has 0 unspecified atom stereocenters. The van der Waals surface area contributed by atoms with Crippen LogP contribution in [0.5, 0.6) is 11.5 Å². The highest BCUT2D eigenvalue weighted by molar-refractivity contribution is 5.99. The number of phenolic OH excluding ortho intramolecular Hbond substituents is 2. The number of phenols is 2. The van der Waals surface area contributed by atoms with Gasteiger partial charge in [-0.1, -0.05) is 62.8 Å². The third-order valence-electron chi connectivity index (χ3n) is 5.17. The van der Waals surface area contributed by atoms with Crippen molar-refractivity contribution >= 4 is 23.9 Å². The Bertz CT molecular complexity index is 903. The van der Waals surface area contributed by atoms with E-state index < -0.39 is 23.9 Å². The first kappa shape index (κ1) is 26.6. The van der Waals surface area contributed by atoms with Crippen molar-refractivity contribution in [2.45, 2.75) is 64.2 Å². The molecule has 0 bridgehead atoms. The average molecular weight is 471 g/mol. The Morgan fingerprint density at radius 2 is 0.853 bits per heavy atom. The van der Waals surface area contributed by atoms with Crippen molar-refractivity contribution < 1.29 is 38.9 Å². The highest BCUT2D eigenvalue weighted by Crippen LogP contribution is 2.18. The number of para-hydroxylation sites is 2. The van der Waals surface area contributed by atoms with E-state index in [1.165, 1.54) is 24.3 Å². The molecule has 2 aromatic rings. The van der Waals surface area contributed by atoms with Gasteiger partial charge in [0, 0.05) is 12.8 Å². The number of ether oxygens (including phenoxy) is 2. The second kappa shape index (κ2) is 14.5. The van der Waals surface area contributed by atoms with Gasteiger partial charge in [0.05, 0.1) is 0 Å². The van der Waals surface area contributed by atoms with Crippen molar-refractivity contribution in [3.63, 3.8) is 0 Å². The Balaban J connectivity index is 1.45. The largest absolute Gasteiger partial charge is 0.507 e. The van der Waals surface area contributed by atoms with Gasteiger partial charge in [0.2, 0.25) is 0 Å². The van der Waals surface area contributed by atoms with Crippen molar-refractivity contribution in [2.75, 3.05) is 0 Å². The summed E-state index contributed by atoms with van der Waals surface area (Å²) in [6.45, 7) is 0. The molecule has 0 saturated carbocycles. The molecule has 0 fully saturated rings. The Morgan fingerprint density at radius 1 is 0.529 bits per heavy atom. The maximum atomic E-state index is 11.9. The van der Waals surface area contributed by atoms with Gasteiger partial charge in [-0.3, -0.25) is 9.59 Å². The number of hydrogen-bond donors (Lipinski definition) is 2. The molecule has 0 spiro atoms. The minimum atomic E-state index is -0.852. The minimum absolute atomic E-state index is 0.0359. The number of hydrogen-bond acceptors (Lipinski definition) is 8. The van der Waals surface area contributed by atoms with E-state index >= 15 is 0 Å². The number of unbranched alkanes of at least 4 members (excludes halogenated alkanes) is 7. The minimum Gasteiger partial charge on any atom is -0.507 e. The summed E-state index contributed by atoms with van der Waals surface area (Å²) >= 11 is 0. The van der Waals surface area contributed by atoms with E-state index in [1.54, 1.807) is 24.3 Å². The lowest BCUT2D eigenvalue weighted by Crippen LogP contribution is -2.12. The predicted octanol–water partition coefficient (Wildman–Crippen LogP) is 5.07. The van der Waals surface area contributed by atoms with E-state index in [-0.39, 0.29) is 35.5 Å². The molecule has 8 nitrogen and oxygen atoms in total. The van der Waals surface area contributed by atoms with E-state index in [1.807, 2.05) is 0 Å². The molecule has 182 valence electrons. The molecular weight excluding hydrogens is 440 g/mol. The molecule has 0 atom stereocenters. The Kier molecular flexibility index (Phi) is 11.3. The topological polar surface area (TPSA) is 127 Å². The summed E-state index contributed by atoms with van der Waals surface area (Å²) in [7, 11) is 0. The molecule has 0 aromatic heterocycles. The molecule has 0 saturated heterocycles. The first-order valence-electron chi connectivity index (χ1n) is 11.4. The monoisotopic (exact) mass is 470 g/mol. The zero-order valence-electron chi connectivity index (χ0n) is 19.0. The smallest absolute Gasteiger partial charge is 0.349 e. The quantitative estimate of drug-likeness (QED) is 0.236. The molecule has 0 heterocycles. The van der Waals surface area contributed by atoms with E-state index in [4.69, 9.17) is 9.47 Å². The number of carbonyl (C=O) groups is 4. The van der Waals surface area contributed by atoms with Crippen LogP contribution in [0.25, 0.3) is 0 Å². The number of esters is 4. The molecular formula is C26H30O8. The molecule has 0 aliphatic carbocycles. The van der Waals surface area contributed by atoms with Crippen LogP contribution >= 0.6 is 0 Å². The summed E-state index contributed by atoms with van der Waals surface area (Å²) in [6, 6.07) is 11.8. The van der Waals surface area contributed by atoms with Gasteiger partial charge in [-0.05, 0) is 37.1 Å². The normalized spacial score (nSPS) is 10.5. The molecule has 8 heteroatoms. The Hall–Kier alpha value is -3.68. The maximum Gasteiger partial charge on any atom is 0.349 e. The van der Waals surface area contributed by atoms with Crippen LogP contribution in [-0.2, 0) is 19.1 Å². The predicted molar refractivity (Wildman–Crippen MR) is 123 cm³/mol. The van der Waals surface area contributed by atoms with Crippen LogP contribution in [0.1, 0.15) is 84.9 Å². The fourth-order valence-electron chi connectivity index (χ4n) is 3.31. The third-order valence-corrected chi connectivity index (χ3v) is 5.17. The van der Waals surface area contributed by atoms with E-state index in [0.29, 0.717) is 12.8 Å². The molecule has 0 aliphatic heterocycles. The van der Waals surface area contributed by atoms with Crippen LogP contribution in [0.4, 0.5) is 0 Å². The lowest BCUT2D eigenvalue weighted by atomic mass is 10.1. The maximum absolute atomic E-state index is 11.9. The van der Waals surface area contributed by atoms with Gasteiger partial charge < -0.3 is 19.7 Å². The van der Waals surface area contributed by atoms with Crippen molar-refractivity contribution in [3.05, 3.63) is 59.7 Å². The van der Waals surface area contributed by atoms with Gasteiger partial charge in [0.1, 0.15) is 22.6 Å². The second-order valence-corrected chi connectivity index (χ2v) is 7.89. The van der Waals surface area contributed by atoms with Crippen LogP contribution in [-0.4, -0.2) is 34.1 Å². The summed E-state index contributed by atoms with van der Waals surface area (Å²) in [5.74, 6) is -3.37. The van der Waals surface area contributed by atoms with Crippen LogP contribution in [0.2, 0.25) is 0 Å². The highest BCUT2D eigenvalue weighted by atomic mass is 16.6. The first-order chi connectivity index (χ1) is 16.4. The van der Waals surface area contributed by atoms with Gasteiger partial charge in [-0.2, -0.15) is 0 Å². The first-order valence-corrected chi connectivity index (χ1v) is 11.4. The van der Waals surface area contributed by atoms with Gasteiger partial charge in [0.25, 0.3) is 0 Å². The standard InChI is InChI=1S/C26H30O8/c27-21-15-11-9-13-19(21)25(31)33-23(29)17-7-5-3-1-2-4-6-8-18-24(30)34-26(32)20-14-10-12-16-22(20)28/h9-16,27-28H,1-8,17-18H2. The number of benzene rings is 2. The zero-order chi connectivity index (χ0) is 24.8. The Labute approximate surface area is 198 Å². The molecule has 2 N–H and O–H groups in total. The Morgan fingerprint density at radius 3 is 1.21 bits per heavy atom. The van der Waals surface area contributed by atoms with Crippen LogP contribution in [0.3, 0.4) is 0 Å². The van der Waals surface area contributed by atoms with Gasteiger partial charge >= 0.3 is 23.9 Å². The second-order valence-electron chi connectivity index (χ2n) is 7.89. The average Bonchev–Trinajstić information content (AvgIpc) is 2.80. The van der Waals surface area contributed by atoms with Gasteiger partial charge in [-0.15, -0.1) is 0 Å². The molecule has 0 amide bonds. The summed E-state index contributed by atoms with van der Waals surface area (Å²) in [5, 5.41) is 19.2. The van der Waals surface area contributed by atoms with E-state index in [9.17, 15) is 29.4 Å². The van der Waals surface area contributed by atoms with Crippen LogP contribution in [0, 0.1) is 0 Å². The number of rotatable bonds is 13. The van der Waals surface area contributed by atoms with E-state index in [0.717, 1.165) is 38.5 Å². The van der Waals surface area contributed by atoms with E-state index in [2.05, 4.69) is 0 Å². The molecule has 2 aromatic carbocycles.